The van der Waals surface area contributed by atoms with Gasteiger partial charge < -0.3 is 9.84 Å². The number of amides is 2. The van der Waals surface area contributed by atoms with Crippen molar-refractivity contribution in [2.75, 3.05) is 0 Å². The Hall–Kier alpha value is -2.67. The summed E-state index contributed by atoms with van der Waals surface area (Å²) in [5.74, 6) is -4.05. The van der Waals surface area contributed by atoms with Crippen molar-refractivity contribution in [2.45, 2.75) is 25.6 Å². The number of hydrogen-bond acceptors (Lipinski definition) is 4. The molecule has 0 aromatic heterocycles. The van der Waals surface area contributed by atoms with Gasteiger partial charge in [-0.25, -0.2) is 0 Å². The fourth-order valence-electron chi connectivity index (χ4n) is 3.25. The summed E-state index contributed by atoms with van der Waals surface area (Å²) in [6.45, 7) is 3.57. The Kier molecular flexibility index (Phi) is 3.88. The molecule has 126 valence electrons. The van der Waals surface area contributed by atoms with Crippen LogP contribution in [0.1, 0.15) is 22.8 Å². The van der Waals surface area contributed by atoms with E-state index in [4.69, 9.17) is 4.74 Å². The summed E-state index contributed by atoms with van der Waals surface area (Å²) in [5.41, 5.74) is 5.06. The Balaban J connectivity index is 1.68. The molecule has 0 radical (unpaired) electrons. The number of carboxylic acids is 1. The van der Waals surface area contributed by atoms with E-state index in [1.165, 1.54) is 0 Å². The normalized spacial score (nSPS) is 30.2. The number of hydrazine groups is 1. The molecule has 3 rings (SSSR count). The monoisotopic (exact) mass is 330 g/mol. The molecule has 7 nitrogen and oxygen atoms in total. The van der Waals surface area contributed by atoms with Crippen LogP contribution in [-0.4, -0.2) is 34.6 Å². The third-order valence-corrected chi connectivity index (χ3v) is 4.52. The molecule has 2 aliphatic rings. The lowest BCUT2D eigenvalue weighted by atomic mass is 9.76. The van der Waals surface area contributed by atoms with Crippen LogP contribution in [0, 0.1) is 18.8 Å². The number of carbonyl (C=O) groups excluding carboxylic acids is 2. The molecule has 2 heterocycles. The van der Waals surface area contributed by atoms with Crippen LogP contribution in [0.4, 0.5) is 0 Å². The lowest BCUT2D eigenvalue weighted by Gasteiger charge is -2.27. The van der Waals surface area contributed by atoms with Gasteiger partial charge in [0, 0.05) is 5.56 Å². The molecule has 1 aromatic rings. The lowest BCUT2D eigenvalue weighted by molar-refractivity contribution is -0.147. The Bertz CT molecular complexity index is 727. The standard InChI is InChI=1S/C17H18N2O5/c1-9-3-5-10(6-4-9)14(20)18-19-15(21)13-12(16(22)23)11-7-8-17(13,2)24-11/h3-8,11-13H,1-2H3,(H,18,20)(H,19,21)(H,22,23). The molecule has 1 saturated heterocycles. The molecule has 2 amide bonds. The van der Waals surface area contributed by atoms with Crippen LogP contribution in [0.2, 0.25) is 0 Å². The number of benzene rings is 1. The molecule has 0 aliphatic carbocycles. The minimum atomic E-state index is -1.10. The number of carbonyl (C=O) groups is 3. The number of fused-ring (bicyclic) bond motifs is 2. The number of aliphatic carboxylic acids is 1. The summed E-state index contributed by atoms with van der Waals surface area (Å²) in [6, 6.07) is 6.85. The summed E-state index contributed by atoms with van der Waals surface area (Å²) >= 11 is 0. The SMILES string of the molecule is Cc1ccc(C(=O)NNC(=O)C2C(C(=O)O)C3C=CC2(C)O3)cc1. The first-order valence-corrected chi connectivity index (χ1v) is 7.59. The van der Waals surface area contributed by atoms with Crippen LogP contribution in [0.3, 0.4) is 0 Å². The second-order valence-corrected chi connectivity index (χ2v) is 6.28. The highest BCUT2D eigenvalue weighted by molar-refractivity contribution is 5.96. The first kappa shape index (κ1) is 16.2. The molecule has 3 N–H and O–H groups in total. The molecular weight excluding hydrogens is 312 g/mol. The number of aryl methyl sites for hydroxylation is 1. The van der Waals surface area contributed by atoms with Crippen LogP contribution in [0.15, 0.2) is 36.4 Å². The van der Waals surface area contributed by atoms with E-state index in [2.05, 4.69) is 10.9 Å². The van der Waals surface area contributed by atoms with Crippen molar-refractivity contribution >= 4 is 17.8 Å². The van der Waals surface area contributed by atoms with Crippen LogP contribution in [0.5, 0.6) is 0 Å². The topological polar surface area (TPSA) is 105 Å². The van der Waals surface area contributed by atoms with Crippen molar-refractivity contribution in [3.05, 3.63) is 47.5 Å². The number of ether oxygens (including phenoxy) is 1. The van der Waals surface area contributed by atoms with Crippen molar-refractivity contribution in [2.24, 2.45) is 11.8 Å². The van der Waals surface area contributed by atoms with Gasteiger partial charge in [-0.1, -0.05) is 29.8 Å². The summed E-state index contributed by atoms with van der Waals surface area (Å²) in [7, 11) is 0. The molecule has 0 spiro atoms. The van der Waals surface area contributed by atoms with Crippen LogP contribution in [0.25, 0.3) is 0 Å². The van der Waals surface area contributed by atoms with Gasteiger partial charge in [-0.05, 0) is 26.0 Å². The molecular formula is C17H18N2O5. The Morgan fingerprint density at radius 2 is 1.83 bits per heavy atom. The molecule has 1 aromatic carbocycles. The third kappa shape index (κ3) is 2.67. The number of nitrogens with one attached hydrogen (secondary N) is 2. The minimum absolute atomic E-state index is 0.394. The fourth-order valence-corrected chi connectivity index (χ4v) is 3.25. The van der Waals surface area contributed by atoms with Crippen molar-refractivity contribution in [1.29, 1.82) is 0 Å². The molecule has 7 heteroatoms. The zero-order chi connectivity index (χ0) is 17.5. The maximum Gasteiger partial charge on any atom is 0.310 e. The zero-order valence-corrected chi connectivity index (χ0v) is 13.3. The quantitative estimate of drug-likeness (QED) is 0.562. The number of hydrogen-bond donors (Lipinski definition) is 3. The maximum absolute atomic E-state index is 12.4. The van der Waals surface area contributed by atoms with Gasteiger partial charge in [0.05, 0.1) is 17.6 Å². The fraction of sp³-hybridized carbons (Fsp3) is 0.353. The summed E-state index contributed by atoms with van der Waals surface area (Å²) in [6.07, 6.45) is 2.73. The lowest BCUT2D eigenvalue weighted by Crippen LogP contribution is -2.52. The van der Waals surface area contributed by atoms with E-state index in [9.17, 15) is 19.5 Å². The number of carboxylic acid groups (broad SMARTS) is 1. The Morgan fingerprint density at radius 1 is 1.17 bits per heavy atom. The molecule has 24 heavy (non-hydrogen) atoms. The average Bonchev–Trinajstić information content (AvgIpc) is 3.06. The van der Waals surface area contributed by atoms with Gasteiger partial charge in [0.2, 0.25) is 5.91 Å². The van der Waals surface area contributed by atoms with Gasteiger partial charge in [0.1, 0.15) is 5.92 Å². The van der Waals surface area contributed by atoms with Gasteiger partial charge in [0.15, 0.2) is 0 Å². The Morgan fingerprint density at radius 3 is 2.46 bits per heavy atom. The summed E-state index contributed by atoms with van der Waals surface area (Å²) < 4.78 is 5.61. The van der Waals surface area contributed by atoms with E-state index >= 15 is 0 Å². The zero-order valence-electron chi connectivity index (χ0n) is 13.3. The van der Waals surface area contributed by atoms with E-state index < -0.39 is 41.3 Å². The van der Waals surface area contributed by atoms with Crippen molar-refractivity contribution < 1.29 is 24.2 Å². The maximum atomic E-state index is 12.4. The van der Waals surface area contributed by atoms with Gasteiger partial charge in [-0.3, -0.25) is 25.2 Å². The predicted molar refractivity (Wildman–Crippen MR) is 83.8 cm³/mol. The first-order valence-electron chi connectivity index (χ1n) is 7.59. The van der Waals surface area contributed by atoms with E-state index in [1.807, 2.05) is 6.92 Å². The van der Waals surface area contributed by atoms with Crippen molar-refractivity contribution in [1.82, 2.24) is 10.9 Å². The summed E-state index contributed by atoms with van der Waals surface area (Å²) in [4.78, 5) is 35.9. The van der Waals surface area contributed by atoms with Crippen LogP contribution in [-0.2, 0) is 14.3 Å². The van der Waals surface area contributed by atoms with Crippen molar-refractivity contribution in [3.8, 4) is 0 Å². The van der Waals surface area contributed by atoms with Gasteiger partial charge in [0.25, 0.3) is 5.91 Å². The molecule has 2 bridgehead atoms. The van der Waals surface area contributed by atoms with Crippen molar-refractivity contribution in [3.63, 3.8) is 0 Å². The largest absolute Gasteiger partial charge is 0.481 e. The van der Waals surface area contributed by atoms with Crippen LogP contribution < -0.4 is 10.9 Å². The second-order valence-electron chi connectivity index (χ2n) is 6.28. The van der Waals surface area contributed by atoms with E-state index in [0.29, 0.717) is 5.56 Å². The third-order valence-electron chi connectivity index (χ3n) is 4.52. The molecule has 0 saturated carbocycles. The second kappa shape index (κ2) is 5.76. The molecule has 4 atom stereocenters. The molecule has 4 unspecified atom stereocenters. The summed E-state index contributed by atoms with van der Waals surface area (Å²) in [5, 5.41) is 9.37. The van der Waals surface area contributed by atoms with E-state index in [1.54, 1.807) is 43.3 Å². The van der Waals surface area contributed by atoms with Crippen LogP contribution >= 0.6 is 0 Å². The average molecular weight is 330 g/mol. The molecule has 2 aliphatic heterocycles. The first-order chi connectivity index (χ1) is 11.3. The number of rotatable bonds is 3. The minimum Gasteiger partial charge on any atom is -0.481 e. The van der Waals surface area contributed by atoms with E-state index in [0.717, 1.165) is 5.56 Å². The van der Waals surface area contributed by atoms with Gasteiger partial charge in [-0.2, -0.15) is 0 Å². The van der Waals surface area contributed by atoms with E-state index in [-0.39, 0.29) is 0 Å². The van der Waals surface area contributed by atoms with Gasteiger partial charge >= 0.3 is 5.97 Å². The predicted octanol–water partition coefficient (Wildman–Crippen LogP) is 0.800. The highest BCUT2D eigenvalue weighted by Crippen LogP contribution is 2.46. The highest BCUT2D eigenvalue weighted by Gasteiger charge is 2.59. The Labute approximate surface area is 138 Å². The van der Waals surface area contributed by atoms with Gasteiger partial charge in [-0.15, -0.1) is 0 Å². The molecule has 1 fully saturated rings. The highest BCUT2D eigenvalue weighted by atomic mass is 16.5. The smallest absolute Gasteiger partial charge is 0.310 e.